The molecule has 5 heterocycles. The Kier molecular flexibility index (Phi) is 4.59. The highest BCUT2D eigenvalue weighted by atomic mass is 19.2. The molecule has 3 aromatic heterocycles. The molecule has 0 aliphatic carbocycles. The average Bonchev–Trinajstić information content (AvgIpc) is 3.38. The van der Waals surface area contributed by atoms with Crippen molar-refractivity contribution in [2.45, 2.75) is 44.7 Å². The predicted octanol–water partition coefficient (Wildman–Crippen LogP) is 4.75. The SMILES string of the molecule is Cc1cccc2ncc(C(=O)N3[C@H]4CCC[C@@H]3c3nn(C)c(-c5cc(F)c(F)c(F)c5)c3C4)n12. The summed E-state index contributed by atoms with van der Waals surface area (Å²) >= 11 is 0. The van der Waals surface area contributed by atoms with Crippen molar-refractivity contribution >= 4 is 11.6 Å². The molecule has 2 bridgehead atoms. The normalized spacial score (nSPS) is 19.5. The third-order valence-electron chi connectivity index (χ3n) is 7.11. The Morgan fingerprint density at radius 1 is 1.12 bits per heavy atom. The molecule has 6 rings (SSSR count). The van der Waals surface area contributed by atoms with Crippen LogP contribution in [-0.4, -0.2) is 36.0 Å². The summed E-state index contributed by atoms with van der Waals surface area (Å²) < 4.78 is 45.0. The van der Waals surface area contributed by atoms with E-state index < -0.39 is 17.5 Å². The van der Waals surface area contributed by atoms with Crippen molar-refractivity contribution < 1.29 is 18.0 Å². The zero-order valence-electron chi connectivity index (χ0n) is 18.7. The van der Waals surface area contributed by atoms with E-state index in [9.17, 15) is 18.0 Å². The summed E-state index contributed by atoms with van der Waals surface area (Å²) in [5.74, 6) is -4.06. The van der Waals surface area contributed by atoms with Gasteiger partial charge in [0.1, 0.15) is 11.3 Å². The predicted molar refractivity (Wildman–Crippen MR) is 119 cm³/mol. The first-order chi connectivity index (χ1) is 16.3. The lowest BCUT2D eigenvalue weighted by molar-refractivity contribution is 0.0384. The van der Waals surface area contributed by atoms with Gasteiger partial charge in [-0.2, -0.15) is 5.10 Å². The van der Waals surface area contributed by atoms with Gasteiger partial charge in [0, 0.05) is 29.9 Å². The van der Waals surface area contributed by atoms with Crippen molar-refractivity contribution in [2.24, 2.45) is 7.05 Å². The molecule has 0 unspecified atom stereocenters. The second kappa shape index (κ2) is 7.44. The van der Waals surface area contributed by atoms with Gasteiger partial charge in [-0.3, -0.25) is 13.9 Å². The highest BCUT2D eigenvalue weighted by Crippen LogP contribution is 2.45. The van der Waals surface area contributed by atoms with E-state index in [4.69, 9.17) is 0 Å². The van der Waals surface area contributed by atoms with Crippen LogP contribution in [0.5, 0.6) is 0 Å². The number of fused-ring (bicyclic) bond motifs is 5. The Morgan fingerprint density at radius 2 is 1.88 bits per heavy atom. The van der Waals surface area contributed by atoms with Crippen LogP contribution in [0.1, 0.15) is 52.7 Å². The molecule has 0 radical (unpaired) electrons. The lowest BCUT2D eigenvalue weighted by atomic mass is 9.81. The summed E-state index contributed by atoms with van der Waals surface area (Å²) in [7, 11) is 1.71. The van der Waals surface area contributed by atoms with E-state index in [1.165, 1.54) is 0 Å². The molecule has 174 valence electrons. The van der Waals surface area contributed by atoms with Crippen molar-refractivity contribution in [3.05, 3.63) is 76.6 Å². The molecule has 2 aliphatic rings. The van der Waals surface area contributed by atoms with Gasteiger partial charge in [0.05, 0.1) is 23.6 Å². The second-order valence-electron chi connectivity index (χ2n) is 9.11. The number of nitrogens with zero attached hydrogens (tertiary/aromatic N) is 5. The van der Waals surface area contributed by atoms with E-state index in [0.717, 1.165) is 48.3 Å². The smallest absolute Gasteiger partial charge is 0.273 e. The minimum atomic E-state index is -1.49. The van der Waals surface area contributed by atoms with Gasteiger partial charge in [-0.15, -0.1) is 0 Å². The molecule has 1 amide bonds. The number of piperidine rings is 1. The largest absolute Gasteiger partial charge is 0.325 e. The fourth-order valence-electron chi connectivity index (χ4n) is 5.69. The summed E-state index contributed by atoms with van der Waals surface area (Å²) in [6.45, 7) is 1.94. The molecular formula is C25H22F3N5O. The first-order valence-electron chi connectivity index (χ1n) is 11.3. The number of amides is 1. The molecule has 4 aromatic rings. The van der Waals surface area contributed by atoms with Crippen molar-refractivity contribution in [1.29, 1.82) is 0 Å². The zero-order chi connectivity index (χ0) is 23.7. The first-order valence-corrected chi connectivity index (χ1v) is 11.3. The number of carbonyl (C=O) groups excluding carboxylic acids is 1. The van der Waals surface area contributed by atoms with Crippen LogP contribution in [0, 0.1) is 24.4 Å². The fourth-order valence-corrected chi connectivity index (χ4v) is 5.69. The van der Waals surface area contributed by atoms with Gasteiger partial charge < -0.3 is 4.90 Å². The average molecular weight is 465 g/mol. The number of aryl methyl sites for hydroxylation is 2. The Labute approximate surface area is 193 Å². The molecule has 2 atom stereocenters. The molecule has 1 aromatic carbocycles. The number of hydrogen-bond acceptors (Lipinski definition) is 3. The van der Waals surface area contributed by atoms with Crippen molar-refractivity contribution in [1.82, 2.24) is 24.1 Å². The molecule has 0 spiro atoms. The number of benzene rings is 1. The van der Waals surface area contributed by atoms with E-state index in [-0.39, 0.29) is 23.6 Å². The maximum absolute atomic E-state index is 14.0. The van der Waals surface area contributed by atoms with Gasteiger partial charge in [0.2, 0.25) is 0 Å². The lowest BCUT2D eigenvalue weighted by Crippen LogP contribution is -2.50. The summed E-state index contributed by atoms with van der Waals surface area (Å²) in [6, 6.07) is 7.39. The topological polar surface area (TPSA) is 55.4 Å². The van der Waals surface area contributed by atoms with E-state index in [2.05, 4.69) is 10.1 Å². The van der Waals surface area contributed by atoms with E-state index in [0.29, 0.717) is 23.5 Å². The molecule has 6 nitrogen and oxygen atoms in total. The van der Waals surface area contributed by atoms with Crippen molar-refractivity contribution in [3.63, 3.8) is 0 Å². The Balaban J connectivity index is 1.46. The van der Waals surface area contributed by atoms with Gasteiger partial charge in [0.15, 0.2) is 17.5 Å². The van der Waals surface area contributed by atoms with Crippen LogP contribution in [0.25, 0.3) is 16.9 Å². The number of carbonyl (C=O) groups is 1. The van der Waals surface area contributed by atoms with E-state index in [1.807, 2.05) is 34.4 Å². The van der Waals surface area contributed by atoms with Crippen LogP contribution in [-0.2, 0) is 13.5 Å². The number of pyridine rings is 1. The molecule has 2 aliphatic heterocycles. The molecule has 1 saturated heterocycles. The quantitative estimate of drug-likeness (QED) is 0.402. The molecule has 34 heavy (non-hydrogen) atoms. The van der Waals surface area contributed by atoms with Crippen molar-refractivity contribution in [3.8, 4) is 11.3 Å². The van der Waals surface area contributed by atoms with Gasteiger partial charge in [-0.1, -0.05) is 6.07 Å². The van der Waals surface area contributed by atoms with Crippen molar-refractivity contribution in [2.75, 3.05) is 0 Å². The maximum Gasteiger partial charge on any atom is 0.273 e. The Morgan fingerprint density at radius 3 is 2.65 bits per heavy atom. The minimum Gasteiger partial charge on any atom is -0.325 e. The summed E-state index contributed by atoms with van der Waals surface area (Å²) in [5.41, 5.74) is 4.53. The molecule has 0 N–H and O–H groups in total. The Hall–Kier alpha value is -3.62. The second-order valence-corrected chi connectivity index (χ2v) is 9.11. The summed E-state index contributed by atoms with van der Waals surface area (Å²) in [5, 5.41) is 4.69. The number of hydrogen-bond donors (Lipinski definition) is 0. The van der Waals surface area contributed by atoms with E-state index >= 15 is 0 Å². The van der Waals surface area contributed by atoms with Gasteiger partial charge in [-0.05, 0) is 56.9 Å². The highest BCUT2D eigenvalue weighted by molar-refractivity contribution is 5.94. The fraction of sp³-hybridized carbons (Fsp3) is 0.320. The zero-order valence-corrected chi connectivity index (χ0v) is 18.7. The molecule has 9 heteroatoms. The molecule has 1 fully saturated rings. The molecular weight excluding hydrogens is 443 g/mol. The van der Waals surface area contributed by atoms with Crippen LogP contribution >= 0.6 is 0 Å². The standard InChI is InChI=1S/C25H22F3N5O/c1-13-5-3-8-21-29-12-20(32(13)21)25(34)33-15-6-4-7-19(33)23-16(11-15)24(31(2)30-23)14-9-17(26)22(28)18(27)10-14/h3,5,8-10,12,15,19H,4,6-7,11H2,1-2H3/t15-,19+/m0/s1. The number of imidazole rings is 1. The first kappa shape index (κ1) is 20.9. The highest BCUT2D eigenvalue weighted by Gasteiger charge is 2.44. The number of rotatable bonds is 2. The summed E-state index contributed by atoms with van der Waals surface area (Å²) in [6.07, 6.45) is 4.64. The van der Waals surface area contributed by atoms with Gasteiger partial charge in [0.25, 0.3) is 5.91 Å². The maximum atomic E-state index is 14.0. The van der Waals surface area contributed by atoms with E-state index in [1.54, 1.807) is 17.9 Å². The van der Waals surface area contributed by atoms with Crippen LogP contribution in [0.2, 0.25) is 0 Å². The lowest BCUT2D eigenvalue weighted by Gasteiger charge is -2.45. The summed E-state index contributed by atoms with van der Waals surface area (Å²) in [4.78, 5) is 20.1. The van der Waals surface area contributed by atoms with Crippen LogP contribution in [0.3, 0.4) is 0 Å². The monoisotopic (exact) mass is 465 g/mol. The Bertz CT molecular complexity index is 1450. The number of aromatic nitrogens is 4. The minimum absolute atomic E-state index is 0.0774. The van der Waals surface area contributed by atoms with Gasteiger partial charge in [-0.25, -0.2) is 18.2 Å². The van der Waals surface area contributed by atoms with Crippen LogP contribution in [0.4, 0.5) is 13.2 Å². The third-order valence-corrected chi connectivity index (χ3v) is 7.11. The van der Waals surface area contributed by atoms with Crippen LogP contribution < -0.4 is 0 Å². The van der Waals surface area contributed by atoms with Crippen LogP contribution in [0.15, 0.2) is 36.5 Å². The number of halogens is 3. The third kappa shape index (κ3) is 2.92. The van der Waals surface area contributed by atoms with Gasteiger partial charge >= 0.3 is 0 Å². The molecule has 0 saturated carbocycles.